The maximum atomic E-state index is 4.13. The van der Waals surface area contributed by atoms with E-state index in [-0.39, 0.29) is 0 Å². The van der Waals surface area contributed by atoms with E-state index in [0.717, 1.165) is 12.3 Å². The number of thiol groups is 1. The first-order valence-corrected chi connectivity index (χ1v) is 4.45. The lowest BCUT2D eigenvalue weighted by atomic mass is 10.2. The molecule has 0 aromatic heterocycles. The van der Waals surface area contributed by atoms with Gasteiger partial charge in [0.2, 0.25) is 0 Å². The summed E-state index contributed by atoms with van der Waals surface area (Å²) in [4.78, 5) is 0. The van der Waals surface area contributed by atoms with Crippen molar-refractivity contribution in [3.63, 3.8) is 0 Å². The van der Waals surface area contributed by atoms with Gasteiger partial charge in [0.1, 0.15) is 0 Å². The lowest BCUT2D eigenvalue weighted by Gasteiger charge is -1.94. The number of unbranched alkanes of at least 4 members (excludes halogenated alkanes) is 4. The van der Waals surface area contributed by atoms with Gasteiger partial charge in [0.15, 0.2) is 0 Å². The maximum absolute atomic E-state index is 4.13. The Hall–Kier alpha value is 0.310. The largest absolute Gasteiger partial charge is 0.358 e. The Labute approximate surface area is 63.4 Å². The van der Waals surface area contributed by atoms with Gasteiger partial charge >= 0.3 is 0 Å². The SMILES string of the molecule is [NH3+]CCCCCCCS. The van der Waals surface area contributed by atoms with Gasteiger partial charge in [-0.1, -0.05) is 12.8 Å². The second-order valence-corrected chi connectivity index (χ2v) is 2.79. The summed E-state index contributed by atoms with van der Waals surface area (Å²) in [6, 6.07) is 0. The van der Waals surface area contributed by atoms with Crippen LogP contribution >= 0.6 is 12.6 Å². The normalized spacial score (nSPS) is 10.0. The van der Waals surface area contributed by atoms with Gasteiger partial charge in [-0.3, -0.25) is 0 Å². The van der Waals surface area contributed by atoms with Crippen molar-refractivity contribution in [2.24, 2.45) is 0 Å². The molecule has 0 heterocycles. The standard InChI is InChI=1S/C7H17NS/c8-6-4-2-1-3-5-7-9/h9H,1-8H2/p+1. The number of quaternary nitrogens is 1. The molecule has 0 amide bonds. The summed E-state index contributed by atoms with van der Waals surface area (Å²) < 4.78 is 0. The lowest BCUT2D eigenvalue weighted by molar-refractivity contribution is -0.368. The predicted octanol–water partition coefficient (Wildman–Crippen LogP) is 1.11. The van der Waals surface area contributed by atoms with Crippen LogP contribution in [-0.4, -0.2) is 12.3 Å². The van der Waals surface area contributed by atoms with E-state index in [0.29, 0.717) is 0 Å². The van der Waals surface area contributed by atoms with E-state index in [2.05, 4.69) is 18.4 Å². The van der Waals surface area contributed by atoms with E-state index in [4.69, 9.17) is 0 Å². The molecule has 0 spiro atoms. The van der Waals surface area contributed by atoms with Crippen molar-refractivity contribution in [2.45, 2.75) is 32.1 Å². The zero-order valence-corrected chi connectivity index (χ0v) is 7.00. The van der Waals surface area contributed by atoms with Crippen LogP contribution in [0.2, 0.25) is 0 Å². The number of rotatable bonds is 6. The van der Waals surface area contributed by atoms with Gasteiger partial charge in [-0.25, -0.2) is 0 Å². The molecule has 9 heavy (non-hydrogen) atoms. The predicted molar refractivity (Wildman–Crippen MR) is 44.7 cm³/mol. The van der Waals surface area contributed by atoms with Crippen molar-refractivity contribution in [3.8, 4) is 0 Å². The van der Waals surface area contributed by atoms with Crippen LogP contribution in [0.1, 0.15) is 32.1 Å². The highest BCUT2D eigenvalue weighted by atomic mass is 32.1. The Bertz CT molecular complexity index is 42.2. The Kier molecular flexibility index (Phi) is 8.60. The lowest BCUT2D eigenvalue weighted by Crippen LogP contribution is -2.50. The van der Waals surface area contributed by atoms with E-state index >= 15 is 0 Å². The fourth-order valence-corrected chi connectivity index (χ4v) is 1.04. The molecule has 0 unspecified atom stereocenters. The summed E-state index contributed by atoms with van der Waals surface area (Å²) in [6.07, 6.45) is 6.66. The average Bonchev–Trinajstić information content (AvgIpc) is 1.89. The van der Waals surface area contributed by atoms with Crippen LogP contribution in [0.5, 0.6) is 0 Å². The first-order chi connectivity index (χ1) is 4.41. The minimum Gasteiger partial charge on any atom is -0.358 e. The van der Waals surface area contributed by atoms with Gasteiger partial charge in [0.25, 0.3) is 0 Å². The number of hydrogen-bond acceptors (Lipinski definition) is 1. The van der Waals surface area contributed by atoms with Gasteiger partial charge in [-0.15, -0.1) is 0 Å². The molecule has 0 atom stereocenters. The smallest absolute Gasteiger partial charge is 0.0739 e. The number of hydrogen-bond donors (Lipinski definition) is 2. The first-order valence-electron chi connectivity index (χ1n) is 3.82. The Balaban J connectivity index is 2.60. The molecule has 0 aliphatic heterocycles. The van der Waals surface area contributed by atoms with E-state index < -0.39 is 0 Å². The highest BCUT2D eigenvalue weighted by Gasteiger charge is 1.87. The third-order valence-electron chi connectivity index (χ3n) is 1.41. The maximum Gasteiger partial charge on any atom is 0.0739 e. The highest BCUT2D eigenvalue weighted by Crippen LogP contribution is 2.01. The van der Waals surface area contributed by atoms with Crippen LogP contribution in [0.25, 0.3) is 0 Å². The molecule has 0 radical (unpaired) electrons. The summed E-state index contributed by atoms with van der Waals surface area (Å²) >= 11 is 4.13. The van der Waals surface area contributed by atoms with E-state index in [1.54, 1.807) is 0 Å². The van der Waals surface area contributed by atoms with Gasteiger partial charge in [-0.2, -0.15) is 12.6 Å². The van der Waals surface area contributed by atoms with Crippen molar-refractivity contribution in [1.29, 1.82) is 0 Å². The molecule has 1 nitrogen and oxygen atoms in total. The molecule has 0 aromatic rings. The Morgan fingerprint density at radius 3 is 2.00 bits per heavy atom. The molecule has 0 saturated carbocycles. The fraction of sp³-hybridized carbons (Fsp3) is 1.00. The van der Waals surface area contributed by atoms with Crippen molar-refractivity contribution in [2.75, 3.05) is 12.3 Å². The summed E-state index contributed by atoms with van der Waals surface area (Å²) in [5.41, 5.74) is 3.79. The molecule has 0 aliphatic carbocycles. The van der Waals surface area contributed by atoms with Crippen molar-refractivity contribution in [3.05, 3.63) is 0 Å². The monoisotopic (exact) mass is 148 g/mol. The molecule has 0 saturated heterocycles. The minimum absolute atomic E-state index is 1.05. The van der Waals surface area contributed by atoms with Crippen molar-refractivity contribution in [1.82, 2.24) is 0 Å². The Morgan fingerprint density at radius 1 is 0.889 bits per heavy atom. The van der Waals surface area contributed by atoms with Gasteiger partial charge in [-0.05, 0) is 25.0 Å². The van der Waals surface area contributed by atoms with Crippen LogP contribution in [0, 0.1) is 0 Å². The van der Waals surface area contributed by atoms with Gasteiger partial charge < -0.3 is 5.73 Å². The molecular formula is C7H18NS+. The van der Waals surface area contributed by atoms with Gasteiger partial charge in [0.05, 0.1) is 6.54 Å². The second-order valence-electron chi connectivity index (χ2n) is 2.34. The van der Waals surface area contributed by atoms with Crippen molar-refractivity contribution >= 4 is 12.6 Å². The van der Waals surface area contributed by atoms with Crippen LogP contribution in [0.4, 0.5) is 0 Å². The van der Waals surface area contributed by atoms with E-state index in [1.807, 2.05) is 0 Å². The highest BCUT2D eigenvalue weighted by molar-refractivity contribution is 7.80. The topological polar surface area (TPSA) is 27.6 Å². The molecule has 2 heteroatoms. The van der Waals surface area contributed by atoms with Crippen LogP contribution in [0.3, 0.4) is 0 Å². The van der Waals surface area contributed by atoms with Crippen molar-refractivity contribution < 1.29 is 5.73 Å². The Morgan fingerprint density at radius 2 is 1.44 bits per heavy atom. The fourth-order valence-electron chi connectivity index (χ4n) is 0.819. The zero-order chi connectivity index (χ0) is 6.95. The summed E-state index contributed by atoms with van der Waals surface area (Å²) in [6.45, 7) is 1.10. The molecule has 0 rings (SSSR count). The minimum atomic E-state index is 1.05. The molecule has 0 aliphatic rings. The molecule has 56 valence electrons. The molecule has 0 aromatic carbocycles. The third-order valence-corrected chi connectivity index (χ3v) is 1.72. The summed E-state index contributed by atoms with van der Waals surface area (Å²) in [7, 11) is 0. The van der Waals surface area contributed by atoms with Crippen LogP contribution in [-0.2, 0) is 0 Å². The second kappa shape index (κ2) is 8.31. The van der Waals surface area contributed by atoms with Crippen LogP contribution < -0.4 is 5.73 Å². The molecule has 0 fully saturated rings. The summed E-state index contributed by atoms with van der Waals surface area (Å²) in [5, 5.41) is 0. The first kappa shape index (κ1) is 9.31. The molecule has 3 N–H and O–H groups in total. The molecule has 0 bridgehead atoms. The summed E-state index contributed by atoms with van der Waals surface area (Å²) in [5.74, 6) is 1.05. The third kappa shape index (κ3) is 8.31. The van der Waals surface area contributed by atoms with Gasteiger partial charge in [0, 0.05) is 0 Å². The zero-order valence-electron chi connectivity index (χ0n) is 6.10. The molecular weight excluding hydrogens is 130 g/mol. The van der Waals surface area contributed by atoms with E-state index in [1.165, 1.54) is 32.1 Å². The average molecular weight is 148 g/mol. The van der Waals surface area contributed by atoms with Crippen LogP contribution in [0.15, 0.2) is 0 Å². The quantitative estimate of drug-likeness (QED) is 0.417. The van der Waals surface area contributed by atoms with E-state index in [9.17, 15) is 0 Å².